The number of rotatable bonds is 4. The normalized spacial score (nSPS) is 10.8. The summed E-state index contributed by atoms with van der Waals surface area (Å²) in [6, 6.07) is 12.7. The van der Waals surface area contributed by atoms with E-state index in [1.807, 2.05) is 0 Å². The van der Waals surface area contributed by atoms with E-state index in [1.54, 1.807) is 36.6 Å². The molecule has 0 atom stereocenters. The van der Waals surface area contributed by atoms with Gasteiger partial charge in [-0.15, -0.1) is 0 Å². The van der Waals surface area contributed by atoms with E-state index in [0.29, 0.717) is 21.6 Å². The van der Waals surface area contributed by atoms with Gasteiger partial charge in [-0.25, -0.2) is 9.37 Å². The third-order valence-corrected chi connectivity index (χ3v) is 4.06. The largest absolute Gasteiger partial charge is 0.281 e. The first-order chi connectivity index (χ1) is 11.6. The van der Waals surface area contributed by atoms with Crippen molar-refractivity contribution in [3.8, 4) is 0 Å². The van der Waals surface area contributed by atoms with Crippen LogP contribution in [0.2, 0.25) is 0 Å². The van der Waals surface area contributed by atoms with E-state index < -0.39 is 11.7 Å². The Morgan fingerprint density at radius 2 is 2.04 bits per heavy atom. The number of nitrogens with zero attached hydrogens (tertiary/aromatic N) is 2. The number of amides is 1. The molecular weight excluding hydrogens is 329 g/mol. The van der Waals surface area contributed by atoms with Gasteiger partial charge >= 0.3 is 0 Å². The predicted octanol–water partition coefficient (Wildman–Crippen LogP) is 2.57. The summed E-state index contributed by atoms with van der Waals surface area (Å²) >= 11 is 1.25. The third-order valence-electron chi connectivity index (χ3n) is 3.42. The van der Waals surface area contributed by atoms with E-state index in [9.17, 15) is 14.0 Å². The molecule has 0 bridgehead atoms. The van der Waals surface area contributed by atoms with Crippen LogP contribution in [0.5, 0.6) is 0 Å². The van der Waals surface area contributed by atoms with E-state index in [1.165, 1.54) is 30.0 Å². The molecule has 0 aliphatic heterocycles. The minimum absolute atomic E-state index is 0.0369. The molecular formula is C17H14FN3O2S. The van der Waals surface area contributed by atoms with Gasteiger partial charge in [-0.3, -0.25) is 15.0 Å². The number of carbonyl (C=O) groups excluding carboxylic acids is 1. The maximum Gasteiger partial charge on any atom is 0.281 e. The molecule has 0 saturated heterocycles. The maximum atomic E-state index is 13.2. The van der Waals surface area contributed by atoms with E-state index in [0.717, 1.165) is 4.68 Å². The van der Waals surface area contributed by atoms with Crippen LogP contribution in [-0.4, -0.2) is 21.8 Å². The van der Waals surface area contributed by atoms with Crippen molar-refractivity contribution in [2.75, 3.05) is 11.7 Å². The fourth-order valence-corrected chi connectivity index (χ4v) is 2.85. The van der Waals surface area contributed by atoms with Crippen LogP contribution in [0.25, 0.3) is 10.9 Å². The summed E-state index contributed by atoms with van der Waals surface area (Å²) in [5.74, 6) is -0.829. The third kappa shape index (κ3) is 3.30. The molecule has 7 heteroatoms. The van der Waals surface area contributed by atoms with Gasteiger partial charge in [0.15, 0.2) is 5.16 Å². The molecule has 0 unspecified atom stereocenters. The van der Waals surface area contributed by atoms with Crippen LogP contribution >= 0.6 is 11.8 Å². The summed E-state index contributed by atoms with van der Waals surface area (Å²) in [7, 11) is 0. The standard InChI is InChI=1S/C17H14FN3O2S/c1-24-17-19-14-8-3-2-7-13(14)16(23)21(17)20-15(22)10-11-5-4-6-12(18)9-11/h2-9H,10H2,1H3,(H,20,22). The quantitative estimate of drug-likeness (QED) is 0.584. The van der Waals surface area contributed by atoms with Gasteiger partial charge in [0, 0.05) is 0 Å². The topological polar surface area (TPSA) is 64.0 Å². The molecule has 1 N–H and O–H groups in total. The average Bonchev–Trinajstić information content (AvgIpc) is 2.57. The van der Waals surface area contributed by atoms with Crippen molar-refractivity contribution in [2.45, 2.75) is 11.6 Å². The lowest BCUT2D eigenvalue weighted by Crippen LogP contribution is -2.35. The second-order valence-electron chi connectivity index (χ2n) is 5.10. The molecule has 0 saturated carbocycles. The lowest BCUT2D eigenvalue weighted by Gasteiger charge is -2.13. The Hall–Kier alpha value is -2.67. The Bertz CT molecular complexity index is 971. The molecule has 0 aliphatic carbocycles. The van der Waals surface area contributed by atoms with Gasteiger partial charge in [-0.05, 0) is 36.1 Å². The van der Waals surface area contributed by atoms with Gasteiger partial charge in [0.1, 0.15) is 5.82 Å². The van der Waals surface area contributed by atoms with Gasteiger partial charge in [0.25, 0.3) is 5.56 Å². The van der Waals surface area contributed by atoms with E-state index in [4.69, 9.17) is 0 Å². The number of thioether (sulfide) groups is 1. The first-order valence-electron chi connectivity index (χ1n) is 7.18. The minimum atomic E-state index is -0.421. The Balaban J connectivity index is 1.93. The number of benzene rings is 2. The maximum absolute atomic E-state index is 13.2. The van der Waals surface area contributed by atoms with Crippen LogP contribution in [0.15, 0.2) is 58.5 Å². The van der Waals surface area contributed by atoms with Crippen LogP contribution in [0, 0.1) is 5.82 Å². The number of aromatic nitrogens is 2. The number of para-hydroxylation sites is 1. The molecule has 0 aliphatic rings. The van der Waals surface area contributed by atoms with Gasteiger partial charge in [0.05, 0.1) is 17.3 Å². The number of hydrogen-bond donors (Lipinski definition) is 1. The second-order valence-corrected chi connectivity index (χ2v) is 5.87. The molecule has 1 aromatic heterocycles. The lowest BCUT2D eigenvalue weighted by molar-refractivity contribution is -0.116. The molecule has 0 spiro atoms. The van der Waals surface area contributed by atoms with E-state index in [2.05, 4.69) is 10.4 Å². The summed E-state index contributed by atoms with van der Waals surface area (Å²) in [4.78, 5) is 29.2. The van der Waals surface area contributed by atoms with Gasteiger partial charge in [0.2, 0.25) is 5.91 Å². The minimum Gasteiger partial charge on any atom is -0.273 e. The highest BCUT2D eigenvalue weighted by atomic mass is 32.2. The molecule has 1 amide bonds. The van der Waals surface area contributed by atoms with E-state index >= 15 is 0 Å². The first kappa shape index (κ1) is 16.2. The molecule has 122 valence electrons. The highest BCUT2D eigenvalue weighted by Gasteiger charge is 2.13. The van der Waals surface area contributed by atoms with Crippen molar-refractivity contribution in [3.63, 3.8) is 0 Å². The van der Waals surface area contributed by atoms with Crippen LogP contribution in [0.3, 0.4) is 0 Å². The zero-order chi connectivity index (χ0) is 17.1. The average molecular weight is 343 g/mol. The fraction of sp³-hybridized carbons (Fsp3) is 0.118. The highest BCUT2D eigenvalue weighted by molar-refractivity contribution is 7.98. The number of carbonyl (C=O) groups is 1. The predicted molar refractivity (Wildman–Crippen MR) is 92.3 cm³/mol. The van der Waals surface area contributed by atoms with Gasteiger partial charge in [-0.1, -0.05) is 36.0 Å². The first-order valence-corrected chi connectivity index (χ1v) is 8.41. The molecule has 3 rings (SSSR count). The Kier molecular flexibility index (Phi) is 4.61. The monoisotopic (exact) mass is 343 g/mol. The SMILES string of the molecule is CSc1nc2ccccc2c(=O)n1NC(=O)Cc1cccc(F)c1. The molecule has 0 radical (unpaired) electrons. The number of nitrogens with one attached hydrogen (secondary N) is 1. The zero-order valence-electron chi connectivity index (χ0n) is 12.8. The summed E-state index contributed by atoms with van der Waals surface area (Å²) in [5, 5.41) is 0.799. The summed E-state index contributed by atoms with van der Waals surface area (Å²) < 4.78 is 14.3. The smallest absolute Gasteiger partial charge is 0.273 e. The molecule has 24 heavy (non-hydrogen) atoms. The molecule has 2 aromatic carbocycles. The Labute approximate surface area is 141 Å². The molecule has 0 fully saturated rings. The Morgan fingerprint density at radius 3 is 2.79 bits per heavy atom. The number of halogens is 1. The number of hydrogen-bond acceptors (Lipinski definition) is 4. The second kappa shape index (κ2) is 6.84. The van der Waals surface area contributed by atoms with Crippen molar-refractivity contribution >= 4 is 28.6 Å². The summed E-state index contributed by atoms with van der Waals surface area (Å²) in [6.07, 6.45) is 1.73. The van der Waals surface area contributed by atoms with Gasteiger partial charge < -0.3 is 0 Å². The fourth-order valence-electron chi connectivity index (χ4n) is 2.34. The number of fused-ring (bicyclic) bond motifs is 1. The van der Waals surface area contributed by atoms with Crippen LogP contribution in [0.1, 0.15) is 5.56 Å². The summed E-state index contributed by atoms with van der Waals surface area (Å²) in [5.41, 5.74) is 3.30. The van der Waals surface area contributed by atoms with Crippen molar-refractivity contribution in [1.29, 1.82) is 0 Å². The van der Waals surface area contributed by atoms with Crippen LogP contribution in [-0.2, 0) is 11.2 Å². The molecule has 3 aromatic rings. The van der Waals surface area contributed by atoms with Crippen molar-refractivity contribution < 1.29 is 9.18 Å². The lowest BCUT2D eigenvalue weighted by atomic mass is 10.1. The summed E-state index contributed by atoms with van der Waals surface area (Å²) in [6.45, 7) is 0. The van der Waals surface area contributed by atoms with Gasteiger partial charge in [-0.2, -0.15) is 4.68 Å². The molecule has 5 nitrogen and oxygen atoms in total. The van der Waals surface area contributed by atoms with Crippen LogP contribution < -0.4 is 11.0 Å². The van der Waals surface area contributed by atoms with Crippen molar-refractivity contribution in [3.05, 3.63) is 70.3 Å². The van der Waals surface area contributed by atoms with Crippen LogP contribution in [0.4, 0.5) is 4.39 Å². The highest BCUT2D eigenvalue weighted by Crippen LogP contribution is 2.14. The molecule has 1 heterocycles. The Morgan fingerprint density at radius 1 is 1.25 bits per heavy atom. The van der Waals surface area contributed by atoms with Crippen molar-refractivity contribution in [1.82, 2.24) is 9.66 Å². The van der Waals surface area contributed by atoms with E-state index in [-0.39, 0.29) is 12.0 Å². The van der Waals surface area contributed by atoms with Crippen molar-refractivity contribution in [2.24, 2.45) is 0 Å². The zero-order valence-corrected chi connectivity index (χ0v) is 13.6.